The first kappa shape index (κ1) is 24.0. The molecule has 5 nitrogen and oxygen atoms in total. The zero-order valence-electron chi connectivity index (χ0n) is 19.4. The summed E-state index contributed by atoms with van der Waals surface area (Å²) >= 11 is 3.91. The highest BCUT2D eigenvalue weighted by Crippen LogP contribution is 2.45. The van der Waals surface area contributed by atoms with Gasteiger partial charge in [-0.05, 0) is 94.6 Å². The number of carbonyl (C=O) groups is 1. The Bertz CT molecular complexity index is 1160. The molecule has 7 heteroatoms. The van der Waals surface area contributed by atoms with Crippen molar-refractivity contribution in [1.29, 1.82) is 0 Å². The van der Waals surface area contributed by atoms with Crippen molar-refractivity contribution in [2.75, 3.05) is 7.11 Å². The van der Waals surface area contributed by atoms with Gasteiger partial charge in [0.05, 0.1) is 29.1 Å². The van der Waals surface area contributed by atoms with E-state index in [9.17, 15) is 4.79 Å². The van der Waals surface area contributed by atoms with E-state index in [0.29, 0.717) is 18.0 Å². The number of fused-ring (bicyclic) bond motifs is 1. The Hall–Kier alpha value is -2.13. The van der Waals surface area contributed by atoms with Gasteiger partial charge in [-0.15, -0.1) is 11.3 Å². The van der Waals surface area contributed by atoms with E-state index in [4.69, 9.17) is 14.1 Å². The van der Waals surface area contributed by atoms with Gasteiger partial charge in [-0.3, -0.25) is 4.79 Å². The van der Waals surface area contributed by atoms with Crippen molar-refractivity contribution < 1.29 is 13.9 Å². The summed E-state index contributed by atoms with van der Waals surface area (Å²) in [7, 11) is 1.67. The smallest absolute Gasteiger partial charge is 0.255 e. The zero-order chi connectivity index (χ0) is 23.6. The van der Waals surface area contributed by atoms with Gasteiger partial charge in [0.1, 0.15) is 16.5 Å². The van der Waals surface area contributed by atoms with Crippen LogP contribution < -0.4 is 10.1 Å². The molecule has 2 heterocycles. The van der Waals surface area contributed by atoms with Crippen LogP contribution in [0.3, 0.4) is 0 Å². The molecule has 33 heavy (non-hydrogen) atoms. The maximum absolute atomic E-state index is 13.3. The number of rotatable bonds is 6. The first-order valence-corrected chi connectivity index (χ1v) is 13.0. The molecule has 4 rings (SSSR count). The summed E-state index contributed by atoms with van der Waals surface area (Å²) in [4.78, 5) is 19.4. The molecule has 0 aliphatic heterocycles. The number of hydrogen-bond donors (Lipinski definition) is 1. The van der Waals surface area contributed by atoms with E-state index < -0.39 is 0 Å². The van der Waals surface area contributed by atoms with Crippen molar-refractivity contribution in [3.63, 3.8) is 0 Å². The Balaban J connectivity index is 1.65. The number of ether oxygens (including phenoxy) is 1. The molecule has 174 valence electrons. The fourth-order valence-corrected chi connectivity index (χ4v) is 6.23. The van der Waals surface area contributed by atoms with E-state index in [0.717, 1.165) is 50.5 Å². The SMILES string of the molecule is COc1ccc(C=Nc2sc3c(c2C(=O)NCc2ccco2)CC[C@@H](C(C)(C)C)C3)cc1I. The molecule has 2 aromatic heterocycles. The topological polar surface area (TPSA) is 63.8 Å². The molecular formula is C26H29IN2O3S. The minimum atomic E-state index is -0.0884. The number of amides is 1. The highest BCUT2D eigenvalue weighted by atomic mass is 127. The molecule has 1 aromatic carbocycles. The van der Waals surface area contributed by atoms with Crippen molar-refractivity contribution in [3.8, 4) is 5.75 Å². The van der Waals surface area contributed by atoms with Crippen LogP contribution in [0.15, 0.2) is 46.0 Å². The second-order valence-electron chi connectivity index (χ2n) is 9.40. The Morgan fingerprint density at radius 2 is 2.18 bits per heavy atom. The lowest BCUT2D eigenvalue weighted by Crippen LogP contribution is -2.28. The largest absolute Gasteiger partial charge is 0.496 e. The van der Waals surface area contributed by atoms with Crippen LogP contribution in [0.5, 0.6) is 5.75 Å². The van der Waals surface area contributed by atoms with E-state index in [2.05, 4.69) is 48.7 Å². The molecule has 1 N–H and O–H groups in total. The van der Waals surface area contributed by atoms with Crippen LogP contribution in [0.1, 0.15) is 59.3 Å². The molecule has 1 atom stereocenters. The van der Waals surface area contributed by atoms with Crippen LogP contribution in [0.25, 0.3) is 0 Å². The van der Waals surface area contributed by atoms with Crippen molar-refractivity contribution >= 4 is 51.1 Å². The highest BCUT2D eigenvalue weighted by molar-refractivity contribution is 14.1. The summed E-state index contributed by atoms with van der Waals surface area (Å²) < 4.78 is 11.8. The van der Waals surface area contributed by atoms with Gasteiger partial charge in [-0.25, -0.2) is 4.99 Å². The van der Waals surface area contributed by atoms with Gasteiger partial charge in [0.25, 0.3) is 5.91 Å². The number of methoxy groups -OCH3 is 1. The van der Waals surface area contributed by atoms with Crippen molar-refractivity contribution in [2.45, 2.75) is 46.6 Å². The van der Waals surface area contributed by atoms with Gasteiger partial charge in [0.15, 0.2) is 0 Å². The summed E-state index contributed by atoms with van der Waals surface area (Å²) in [6.07, 6.45) is 6.45. The lowest BCUT2D eigenvalue weighted by atomic mass is 9.72. The number of thiophene rings is 1. The fraction of sp³-hybridized carbons (Fsp3) is 0.385. The van der Waals surface area contributed by atoms with E-state index >= 15 is 0 Å². The van der Waals surface area contributed by atoms with Crippen molar-refractivity contribution in [3.05, 3.63) is 67.5 Å². The average Bonchev–Trinajstić information content (AvgIpc) is 3.42. The zero-order valence-corrected chi connectivity index (χ0v) is 22.4. The molecule has 0 bridgehead atoms. The Morgan fingerprint density at radius 1 is 1.36 bits per heavy atom. The minimum absolute atomic E-state index is 0.0884. The number of nitrogens with one attached hydrogen (secondary N) is 1. The quantitative estimate of drug-likeness (QED) is 0.260. The van der Waals surface area contributed by atoms with Crippen LogP contribution in [0, 0.1) is 14.9 Å². The number of nitrogens with zero attached hydrogens (tertiary/aromatic N) is 1. The molecule has 0 unspecified atom stereocenters. The van der Waals surface area contributed by atoms with E-state index in [1.807, 2.05) is 36.5 Å². The predicted octanol–water partition coefficient (Wildman–Crippen LogP) is 6.79. The molecule has 0 saturated heterocycles. The Kier molecular flexibility index (Phi) is 7.28. The summed E-state index contributed by atoms with van der Waals surface area (Å²) in [5, 5.41) is 3.80. The third kappa shape index (κ3) is 5.51. The number of benzene rings is 1. The number of hydrogen-bond acceptors (Lipinski definition) is 5. The summed E-state index contributed by atoms with van der Waals surface area (Å²) in [5.41, 5.74) is 3.09. The average molecular weight is 577 g/mol. The lowest BCUT2D eigenvalue weighted by Gasteiger charge is -2.33. The Labute approximate surface area is 212 Å². The third-order valence-electron chi connectivity index (χ3n) is 6.21. The summed E-state index contributed by atoms with van der Waals surface area (Å²) in [5.74, 6) is 2.08. The first-order valence-electron chi connectivity index (χ1n) is 11.1. The van der Waals surface area contributed by atoms with Gasteiger partial charge in [-0.1, -0.05) is 20.8 Å². The second kappa shape index (κ2) is 10.0. The molecule has 0 fully saturated rings. The van der Waals surface area contributed by atoms with E-state index in [-0.39, 0.29) is 11.3 Å². The highest BCUT2D eigenvalue weighted by Gasteiger charge is 2.33. The standard InChI is InChI=1S/C26H29IN2O3S/c1-26(2,3)17-8-9-19-22(13-17)33-25(23(19)24(30)28-15-18-6-5-11-32-18)29-14-16-7-10-21(31-4)20(27)12-16/h5-7,10-12,14,17H,8-9,13,15H2,1-4H3,(H,28,30)/t17-/m1/s1. The molecule has 1 amide bonds. The van der Waals surface area contributed by atoms with Crippen molar-refractivity contribution in [2.24, 2.45) is 16.3 Å². The molecule has 1 aliphatic carbocycles. The molecular weight excluding hydrogens is 547 g/mol. The van der Waals surface area contributed by atoms with Crippen LogP contribution in [0.2, 0.25) is 0 Å². The molecule has 3 aromatic rings. The third-order valence-corrected chi connectivity index (χ3v) is 8.21. The molecule has 0 radical (unpaired) electrons. The van der Waals surface area contributed by atoms with E-state index in [1.165, 1.54) is 4.88 Å². The Morgan fingerprint density at radius 3 is 2.85 bits per heavy atom. The van der Waals surface area contributed by atoms with Gasteiger partial charge in [0, 0.05) is 11.1 Å². The van der Waals surface area contributed by atoms with Gasteiger partial charge in [0.2, 0.25) is 0 Å². The lowest BCUT2D eigenvalue weighted by molar-refractivity contribution is 0.0947. The predicted molar refractivity (Wildman–Crippen MR) is 142 cm³/mol. The van der Waals surface area contributed by atoms with Crippen LogP contribution in [0.4, 0.5) is 5.00 Å². The summed E-state index contributed by atoms with van der Waals surface area (Å²) in [6.45, 7) is 7.27. The monoisotopic (exact) mass is 576 g/mol. The van der Waals surface area contributed by atoms with E-state index in [1.54, 1.807) is 24.7 Å². The number of aliphatic imine (C=N–C) groups is 1. The maximum atomic E-state index is 13.3. The number of carbonyl (C=O) groups excluding carboxylic acids is 1. The van der Waals surface area contributed by atoms with Crippen LogP contribution in [-0.2, 0) is 19.4 Å². The van der Waals surface area contributed by atoms with Gasteiger partial charge >= 0.3 is 0 Å². The first-order chi connectivity index (χ1) is 15.8. The number of halogens is 1. The number of furan rings is 1. The fourth-order valence-electron chi connectivity index (χ4n) is 4.20. The maximum Gasteiger partial charge on any atom is 0.255 e. The summed E-state index contributed by atoms with van der Waals surface area (Å²) in [6, 6.07) is 9.63. The van der Waals surface area contributed by atoms with Crippen LogP contribution in [-0.4, -0.2) is 19.2 Å². The van der Waals surface area contributed by atoms with Crippen molar-refractivity contribution in [1.82, 2.24) is 5.32 Å². The van der Waals surface area contributed by atoms with Gasteiger partial charge in [-0.2, -0.15) is 0 Å². The second-order valence-corrected chi connectivity index (χ2v) is 11.6. The van der Waals surface area contributed by atoms with Gasteiger partial charge < -0.3 is 14.5 Å². The van der Waals surface area contributed by atoms with Crippen LogP contribution >= 0.6 is 33.9 Å². The normalized spacial score (nSPS) is 16.1. The molecule has 1 aliphatic rings. The molecule has 0 saturated carbocycles. The molecule has 0 spiro atoms. The minimum Gasteiger partial charge on any atom is -0.496 e.